The maximum atomic E-state index is 12.2. The molecule has 1 amide bonds. The second kappa shape index (κ2) is 6.71. The maximum absolute atomic E-state index is 12.2. The van der Waals surface area contributed by atoms with Crippen molar-refractivity contribution in [2.75, 3.05) is 7.05 Å². The number of nitrogens with zero attached hydrogens (tertiary/aromatic N) is 1. The Morgan fingerprint density at radius 2 is 1.95 bits per heavy atom. The Labute approximate surface area is 125 Å². The van der Waals surface area contributed by atoms with Crippen LogP contribution in [-0.4, -0.2) is 17.9 Å². The minimum absolute atomic E-state index is 0.116. The molecule has 1 aromatic carbocycles. The second-order valence-corrected chi connectivity index (χ2v) is 6.00. The van der Waals surface area contributed by atoms with Gasteiger partial charge in [-0.15, -0.1) is 0 Å². The van der Waals surface area contributed by atoms with Gasteiger partial charge >= 0.3 is 0 Å². The highest BCUT2D eigenvalue weighted by atomic mass is 32.1. The van der Waals surface area contributed by atoms with Crippen molar-refractivity contribution in [3.05, 3.63) is 57.8 Å². The number of benzene rings is 1. The van der Waals surface area contributed by atoms with Crippen LogP contribution in [-0.2, 0) is 11.2 Å². The van der Waals surface area contributed by atoms with Crippen LogP contribution in [0.4, 0.5) is 0 Å². The molecule has 2 nitrogen and oxygen atoms in total. The first kappa shape index (κ1) is 14.8. The summed E-state index contributed by atoms with van der Waals surface area (Å²) in [6.45, 7) is 4.15. The Morgan fingerprint density at radius 1 is 1.25 bits per heavy atom. The van der Waals surface area contributed by atoms with Gasteiger partial charge in [0.1, 0.15) is 0 Å². The summed E-state index contributed by atoms with van der Waals surface area (Å²) >= 11 is 1.68. The molecule has 0 aliphatic rings. The molecule has 1 aromatic heterocycles. The van der Waals surface area contributed by atoms with Crippen molar-refractivity contribution < 1.29 is 4.79 Å². The molecule has 1 heterocycles. The molecule has 0 saturated carbocycles. The van der Waals surface area contributed by atoms with Gasteiger partial charge in [-0.1, -0.05) is 29.8 Å². The number of hydrogen-bond acceptors (Lipinski definition) is 2. The Morgan fingerprint density at radius 3 is 2.55 bits per heavy atom. The Bertz CT molecular complexity index is 545. The first-order valence-corrected chi connectivity index (χ1v) is 7.85. The van der Waals surface area contributed by atoms with Crippen LogP contribution >= 0.6 is 11.3 Å². The Kier molecular flexibility index (Phi) is 4.96. The molecule has 2 rings (SSSR count). The van der Waals surface area contributed by atoms with E-state index in [4.69, 9.17) is 0 Å². The summed E-state index contributed by atoms with van der Waals surface area (Å²) in [5, 5.41) is 4.16. The number of carbonyl (C=O) groups is 1. The van der Waals surface area contributed by atoms with E-state index in [0.717, 1.165) is 6.42 Å². The second-order valence-electron chi connectivity index (χ2n) is 5.22. The van der Waals surface area contributed by atoms with Gasteiger partial charge in [0.2, 0.25) is 5.91 Å². The van der Waals surface area contributed by atoms with Crippen molar-refractivity contribution in [2.24, 2.45) is 0 Å². The number of rotatable bonds is 5. The van der Waals surface area contributed by atoms with Crippen LogP contribution in [0.2, 0.25) is 0 Å². The normalized spacial score (nSPS) is 12.2. The smallest absolute Gasteiger partial charge is 0.223 e. The highest BCUT2D eigenvalue weighted by Gasteiger charge is 2.17. The van der Waals surface area contributed by atoms with Crippen LogP contribution in [0.15, 0.2) is 41.1 Å². The predicted octanol–water partition coefficient (Wildman–Crippen LogP) is 4.21. The van der Waals surface area contributed by atoms with Crippen LogP contribution in [0.3, 0.4) is 0 Å². The first-order valence-electron chi connectivity index (χ1n) is 6.91. The van der Waals surface area contributed by atoms with Gasteiger partial charge in [0.25, 0.3) is 0 Å². The summed E-state index contributed by atoms with van der Waals surface area (Å²) in [5.41, 5.74) is 3.68. The van der Waals surface area contributed by atoms with Crippen LogP contribution in [0.5, 0.6) is 0 Å². The average Bonchev–Trinajstić information content (AvgIpc) is 2.97. The van der Waals surface area contributed by atoms with E-state index in [1.807, 2.05) is 11.9 Å². The SMILES string of the molecule is Cc1ccc(C(C)N(C)C(=O)CCc2ccsc2)cc1. The molecule has 2 aromatic rings. The molecule has 0 saturated heterocycles. The van der Waals surface area contributed by atoms with Gasteiger partial charge in [-0.05, 0) is 48.2 Å². The number of carbonyl (C=O) groups excluding carboxylic acids is 1. The largest absolute Gasteiger partial charge is 0.339 e. The van der Waals surface area contributed by atoms with Gasteiger partial charge in [-0.3, -0.25) is 4.79 Å². The molecule has 106 valence electrons. The van der Waals surface area contributed by atoms with Crippen molar-refractivity contribution in [1.82, 2.24) is 4.90 Å². The van der Waals surface area contributed by atoms with E-state index < -0.39 is 0 Å². The van der Waals surface area contributed by atoms with Gasteiger partial charge in [0.15, 0.2) is 0 Å². The summed E-state index contributed by atoms with van der Waals surface area (Å²) < 4.78 is 0. The predicted molar refractivity (Wildman–Crippen MR) is 85.0 cm³/mol. The van der Waals surface area contributed by atoms with E-state index >= 15 is 0 Å². The van der Waals surface area contributed by atoms with E-state index in [1.54, 1.807) is 11.3 Å². The first-order chi connectivity index (χ1) is 9.58. The molecule has 0 spiro atoms. The third kappa shape index (κ3) is 3.70. The van der Waals surface area contributed by atoms with E-state index in [1.165, 1.54) is 16.7 Å². The fourth-order valence-electron chi connectivity index (χ4n) is 2.15. The molecule has 0 aliphatic heterocycles. The zero-order valence-corrected chi connectivity index (χ0v) is 13.1. The molecule has 3 heteroatoms. The van der Waals surface area contributed by atoms with Crippen molar-refractivity contribution in [3.8, 4) is 0 Å². The van der Waals surface area contributed by atoms with Gasteiger partial charge in [-0.25, -0.2) is 0 Å². The van der Waals surface area contributed by atoms with Crippen molar-refractivity contribution in [3.63, 3.8) is 0 Å². The molecule has 1 unspecified atom stereocenters. The topological polar surface area (TPSA) is 20.3 Å². The lowest BCUT2D eigenvalue weighted by molar-refractivity contribution is -0.131. The minimum atomic E-state index is 0.116. The highest BCUT2D eigenvalue weighted by molar-refractivity contribution is 7.07. The third-order valence-electron chi connectivity index (χ3n) is 3.74. The summed E-state index contributed by atoms with van der Waals surface area (Å²) in [7, 11) is 1.89. The van der Waals surface area contributed by atoms with Crippen LogP contribution in [0, 0.1) is 6.92 Å². The molecular formula is C17H21NOS. The van der Waals surface area contributed by atoms with Gasteiger partial charge in [0.05, 0.1) is 6.04 Å². The Balaban J connectivity index is 1.93. The van der Waals surface area contributed by atoms with Crippen molar-refractivity contribution >= 4 is 17.2 Å². The van der Waals surface area contributed by atoms with Crippen LogP contribution < -0.4 is 0 Å². The highest BCUT2D eigenvalue weighted by Crippen LogP contribution is 2.20. The lowest BCUT2D eigenvalue weighted by Gasteiger charge is -2.25. The molecule has 0 fully saturated rings. The number of aryl methyl sites for hydroxylation is 2. The summed E-state index contributed by atoms with van der Waals surface area (Å²) in [6, 6.07) is 10.6. The standard InChI is InChI=1S/C17H21NOS/c1-13-4-7-16(8-5-13)14(2)18(3)17(19)9-6-15-10-11-20-12-15/h4-5,7-8,10-12,14H,6,9H2,1-3H3. The van der Waals surface area contributed by atoms with E-state index in [9.17, 15) is 4.79 Å². The van der Waals surface area contributed by atoms with E-state index in [-0.39, 0.29) is 11.9 Å². The molecule has 1 atom stereocenters. The molecule has 0 aliphatic carbocycles. The number of thiophene rings is 1. The van der Waals surface area contributed by atoms with Gasteiger partial charge < -0.3 is 4.90 Å². The fraction of sp³-hybridized carbons (Fsp3) is 0.353. The summed E-state index contributed by atoms with van der Waals surface area (Å²) in [4.78, 5) is 14.1. The monoisotopic (exact) mass is 287 g/mol. The maximum Gasteiger partial charge on any atom is 0.223 e. The molecular weight excluding hydrogens is 266 g/mol. The summed E-state index contributed by atoms with van der Waals surface area (Å²) in [6.07, 6.45) is 1.40. The Hall–Kier alpha value is -1.61. The molecule has 20 heavy (non-hydrogen) atoms. The molecule has 0 N–H and O–H groups in total. The zero-order valence-electron chi connectivity index (χ0n) is 12.3. The summed E-state index contributed by atoms with van der Waals surface area (Å²) in [5.74, 6) is 0.198. The number of hydrogen-bond donors (Lipinski definition) is 0. The zero-order chi connectivity index (χ0) is 14.5. The number of amides is 1. The van der Waals surface area contributed by atoms with E-state index in [2.05, 4.69) is 54.9 Å². The lowest BCUT2D eigenvalue weighted by atomic mass is 10.0. The van der Waals surface area contributed by atoms with Crippen LogP contribution in [0.25, 0.3) is 0 Å². The fourth-order valence-corrected chi connectivity index (χ4v) is 2.85. The molecule has 0 bridgehead atoms. The van der Waals surface area contributed by atoms with Gasteiger partial charge in [-0.2, -0.15) is 11.3 Å². The van der Waals surface area contributed by atoms with Crippen LogP contribution in [0.1, 0.15) is 36.1 Å². The minimum Gasteiger partial charge on any atom is -0.339 e. The molecule has 0 radical (unpaired) electrons. The van der Waals surface area contributed by atoms with Crippen molar-refractivity contribution in [1.29, 1.82) is 0 Å². The third-order valence-corrected chi connectivity index (χ3v) is 4.47. The van der Waals surface area contributed by atoms with E-state index in [0.29, 0.717) is 6.42 Å². The lowest BCUT2D eigenvalue weighted by Crippen LogP contribution is -2.29. The quantitative estimate of drug-likeness (QED) is 0.806. The van der Waals surface area contributed by atoms with Gasteiger partial charge in [0, 0.05) is 13.5 Å². The van der Waals surface area contributed by atoms with Crippen molar-refractivity contribution in [2.45, 2.75) is 32.7 Å². The average molecular weight is 287 g/mol.